The third-order valence-corrected chi connectivity index (χ3v) is 3.88. The highest BCUT2D eigenvalue weighted by Gasteiger charge is 2.16. The number of piperidine rings is 1. The standard InChI is InChI=1S/C15H22N6O/c1-22-9-13-6-12(20-21-13)8-17-15-7-14(18-10-19-15)11-2-4-16-5-3-11/h6-7,10-11,16H,2-5,8-9H2,1H3,(H,20,21)(H,17,18,19). The molecule has 2 aromatic heterocycles. The number of anilines is 1. The first-order valence-electron chi connectivity index (χ1n) is 7.64. The summed E-state index contributed by atoms with van der Waals surface area (Å²) >= 11 is 0. The Morgan fingerprint density at radius 1 is 1.27 bits per heavy atom. The average molecular weight is 302 g/mol. The smallest absolute Gasteiger partial charge is 0.129 e. The molecule has 0 amide bonds. The summed E-state index contributed by atoms with van der Waals surface area (Å²) in [5.41, 5.74) is 3.04. The van der Waals surface area contributed by atoms with E-state index in [2.05, 4.69) is 36.9 Å². The fourth-order valence-corrected chi connectivity index (χ4v) is 2.72. The van der Waals surface area contributed by atoms with Crippen LogP contribution in [-0.4, -0.2) is 40.4 Å². The quantitative estimate of drug-likeness (QED) is 0.748. The first-order valence-corrected chi connectivity index (χ1v) is 7.64. The fourth-order valence-electron chi connectivity index (χ4n) is 2.72. The van der Waals surface area contributed by atoms with Crippen LogP contribution < -0.4 is 10.6 Å². The first-order chi connectivity index (χ1) is 10.8. The topological polar surface area (TPSA) is 87.8 Å². The van der Waals surface area contributed by atoms with Crippen molar-refractivity contribution in [2.24, 2.45) is 0 Å². The predicted octanol–water partition coefficient (Wildman–Crippen LogP) is 1.43. The van der Waals surface area contributed by atoms with Crippen LogP contribution in [0.15, 0.2) is 18.5 Å². The minimum Gasteiger partial charge on any atom is -0.378 e. The Kier molecular flexibility index (Phi) is 4.97. The van der Waals surface area contributed by atoms with Gasteiger partial charge in [0.2, 0.25) is 0 Å². The molecule has 7 heteroatoms. The molecule has 0 saturated carbocycles. The molecule has 1 saturated heterocycles. The molecule has 2 aromatic rings. The second kappa shape index (κ2) is 7.33. The molecule has 3 heterocycles. The van der Waals surface area contributed by atoms with Crippen LogP contribution in [0.1, 0.15) is 35.8 Å². The minimum absolute atomic E-state index is 0.518. The van der Waals surface area contributed by atoms with Crippen molar-refractivity contribution in [3.63, 3.8) is 0 Å². The Hall–Kier alpha value is -1.99. The number of methoxy groups -OCH3 is 1. The number of nitrogens with zero attached hydrogens (tertiary/aromatic N) is 3. The molecular weight excluding hydrogens is 280 g/mol. The van der Waals surface area contributed by atoms with Crippen molar-refractivity contribution in [3.05, 3.63) is 35.5 Å². The highest BCUT2D eigenvalue weighted by molar-refractivity contribution is 5.36. The summed E-state index contributed by atoms with van der Waals surface area (Å²) in [6.07, 6.45) is 3.91. The second-order valence-electron chi connectivity index (χ2n) is 5.52. The van der Waals surface area contributed by atoms with Gasteiger partial charge in [-0.2, -0.15) is 5.10 Å². The molecule has 1 aliphatic heterocycles. The van der Waals surface area contributed by atoms with Crippen molar-refractivity contribution in [2.45, 2.75) is 31.9 Å². The van der Waals surface area contributed by atoms with Gasteiger partial charge in [0.05, 0.1) is 24.5 Å². The molecule has 0 spiro atoms. The van der Waals surface area contributed by atoms with E-state index < -0.39 is 0 Å². The van der Waals surface area contributed by atoms with Crippen LogP contribution in [0.3, 0.4) is 0 Å². The highest BCUT2D eigenvalue weighted by atomic mass is 16.5. The van der Waals surface area contributed by atoms with Gasteiger partial charge in [-0.25, -0.2) is 9.97 Å². The molecular formula is C15H22N6O. The number of aromatic nitrogens is 4. The van der Waals surface area contributed by atoms with Crippen LogP contribution in [0, 0.1) is 0 Å². The van der Waals surface area contributed by atoms with E-state index in [1.165, 1.54) is 0 Å². The van der Waals surface area contributed by atoms with Crippen LogP contribution in [0.25, 0.3) is 0 Å². The second-order valence-corrected chi connectivity index (χ2v) is 5.52. The lowest BCUT2D eigenvalue weighted by Crippen LogP contribution is -2.27. The molecule has 0 bridgehead atoms. The first kappa shape index (κ1) is 14.9. The lowest BCUT2D eigenvalue weighted by atomic mass is 9.94. The van der Waals surface area contributed by atoms with E-state index in [0.29, 0.717) is 19.1 Å². The van der Waals surface area contributed by atoms with Gasteiger partial charge < -0.3 is 15.4 Å². The zero-order valence-corrected chi connectivity index (χ0v) is 12.8. The number of aromatic amines is 1. The van der Waals surface area contributed by atoms with E-state index in [1.807, 2.05) is 6.07 Å². The van der Waals surface area contributed by atoms with E-state index in [-0.39, 0.29) is 0 Å². The lowest BCUT2D eigenvalue weighted by Gasteiger charge is -2.22. The molecule has 118 valence electrons. The van der Waals surface area contributed by atoms with Crippen molar-refractivity contribution in [2.75, 3.05) is 25.5 Å². The number of H-pyrrole nitrogens is 1. The van der Waals surface area contributed by atoms with E-state index in [4.69, 9.17) is 4.74 Å². The van der Waals surface area contributed by atoms with E-state index in [0.717, 1.165) is 48.8 Å². The van der Waals surface area contributed by atoms with Gasteiger partial charge in [0.25, 0.3) is 0 Å². The van der Waals surface area contributed by atoms with Gasteiger partial charge in [-0.15, -0.1) is 0 Å². The fraction of sp³-hybridized carbons (Fsp3) is 0.533. The Bertz CT molecular complexity index is 593. The summed E-state index contributed by atoms with van der Waals surface area (Å²) < 4.78 is 5.06. The molecule has 0 aliphatic carbocycles. The molecule has 7 nitrogen and oxygen atoms in total. The van der Waals surface area contributed by atoms with Gasteiger partial charge in [0.1, 0.15) is 12.1 Å². The number of hydrogen-bond donors (Lipinski definition) is 3. The average Bonchev–Trinajstić information content (AvgIpc) is 3.02. The third kappa shape index (κ3) is 3.80. The molecule has 22 heavy (non-hydrogen) atoms. The molecule has 0 atom stereocenters. The largest absolute Gasteiger partial charge is 0.378 e. The van der Waals surface area contributed by atoms with Gasteiger partial charge in [-0.3, -0.25) is 5.10 Å². The Labute approximate surface area is 129 Å². The summed E-state index contributed by atoms with van der Waals surface area (Å²) in [4.78, 5) is 8.73. The summed E-state index contributed by atoms with van der Waals surface area (Å²) in [5.74, 6) is 1.39. The summed E-state index contributed by atoms with van der Waals surface area (Å²) in [6.45, 7) is 3.30. The van der Waals surface area contributed by atoms with Crippen molar-refractivity contribution in [3.8, 4) is 0 Å². The Morgan fingerprint density at radius 2 is 2.14 bits per heavy atom. The highest BCUT2D eigenvalue weighted by Crippen LogP contribution is 2.24. The van der Waals surface area contributed by atoms with Crippen LogP contribution in [0.4, 0.5) is 5.82 Å². The molecule has 1 aliphatic rings. The van der Waals surface area contributed by atoms with Crippen LogP contribution in [-0.2, 0) is 17.9 Å². The van der Waals surface area contributed by atoms with Crippen LogP contribution >= 0.6 is 0 Å². The molecule has 0 aromatic carbocycles. The normalized spacial score (nSPS) is 15.9. The number of rotatable bonds is 6. The van der Waals surface area contributed by atoms with Crippen LogP contribution in [0.2, 0.25) is 0 Å². The summed E-state index contributed by atoms with van der Waals surface area (Å²) in [5, 5.41) is 13.9. The minimum atomic E-state index is 0.518. The molecule has 1 fully saturated rings. The monoisotopic (exact) mass is 302 g/mol. The number of nitrogens with one attached hydrogen (secondary N) is 3. The third-order valence-electron chi connectivity index (χ3n) is 3.88. The van der Waals surface area contributed by atoms with Gasteiger partial charge in [-0.05, 0) is 32.0 Å². The van der Waals surface area contributed by atoms with Crippen molar-refractivity contribution in [1.29, 1.82) is 0 Å². The maximum atomic E-state index is 5.06. The van der Waals surface area contributed by atoms with Gasteiger partial charge in [0, 0.05) is 24.8 Å². The molecule has 0 unspecified atom stereocenters. The summed E-state index contributed by atoms with van der Waals surface area (Å²) in [6, 6.07) is 4.05. The van der Waals surface area contributed by atoms with Crippen LogP contribution in [0.5, 0.6) is 0 Å². The zero-order valence-electron chi connectivity index (χ0n) is 12.8. The maximum Gasteiger partial charge on any atom is 0.129 e. The molecule has 3 rings (SSSR count). The van der Waals surface area contributed by atoms with E-state index >= 15 is 0 Å². The number of ether oxygens (including phenoxy) is 1. The lowest BCUT2D eigenvalue weighted by molar-refractivity contribution is 0.181. The maximum absolute atomic E-state index is 5.06. The van der Waals surface area contributed by atoms with E-state index in [1.54, 1.807) is 13.4 Å². The number of hydrogen-bond acceptors (Lipinski definition) is 6. The van der Waals surface area contributed by atoms with Crippen molar-refractivity contribution >= 4 is 5.82 Å². The summed E-state index contributed by atoms with van der Waals surface area (Å²) in [7, 11) is 1.66. The SMILES string of the molecule is COCc1cc(CNc2cc(C3CCNCC3)ncn2)[nH]n1. The van der Waals surface area contributed by atoms with E-state index in [9.17, 15) is 0 Å². The van der Waals surface area contributed by atoms with Gasteiger partial charge in [-0.1, -0.05) is 0 Å². The molecule has 3 N–H and O–H groups in total. The van der Waals surface area contributed by atoms with Gasteiger partial charge in [0.15, 0.2) is 0 Å². The van der Waals surface area contributed by atoms with Gasteiger partial charge >= 0.3 is 0 Å². The predicted molar refractivity (Wildman–Crippen MR) is 83.5 cm³/mol. The Balaban J connectivity index is 1.59. The Morgan fingerprint density at radius 3 is 2.95 bits per heavy atom. The zero-order chi connectivity index (χ0) is 15.2. The van der Waals surface area contributed by atoms with Crippen molar-refractivity contribution < 1.29 is 4.74 Å². The van der Waals surface area contributed by atoms with Crippen molar-refractivity contribution in [1.82, 2.24) is 25.5 Å². The molecule has 0 radical (unpaired) electrons.